The van der Waals surface area contributed by atoms with Gasteiger partial charge in [0.2, 0.25) is 5.91 Å². The maximum Gasteiger partial charge on any atom is 0.224 e. The molecule has 8 heteroatoms. The standard InChI is InChI=1S/C14H23N5O.2ClH/c20-14(2-5-17-6-4-16-12-17)19-9-7-18(8-10-19)13-1-3-15-11-13;;/h4,6,12-13,15H,1-3,5,7-11H2;2*1H. The number of piperazine rings is 1. The molecule has 1 aromatic heterocycles. The number of carbonyl (C=O) groups is 1. The van der Waals surface area contributed by atoms with Crippen molar-refractivity contribution >= 4 is 30.7 Å². The number of hydrogen-bond acceptors (Lipinski definition) is 4. The Balaban J connectivity index is 0.00000121. The second-order valence-electron chi connectivity index (χ2n) is 5.61. The fourth-order valence-electron chi connectivity index (χ4n) is 3.09. The van der Waals surface area contributed by atoms with E-state index in [1.165, 1.54) is 6.42 Å². The smallest absolute Gasteiger partial charge is 0.224 e. The third-order valence-electron chi connectivity index (χ3n) is 4.36. The van der Waals surface area contributed by atoms with Crippen molar-refractivity contribution in [1.29, 1.82) is 0 Å². The molecule has 22 heavy (non-hydrogen) atoms. The molecule has 3 rings (SSSR count). The fraction of sp³-hybridized carbons (Fsp3) is 0.714. The first-order chi connectivity index (χ1) is 9.83. The topological polar surface area (TPSA) is 53.4 Å². The largest absolute Gasteiger partial charge is 0.340 e. The Morgan fingerprint density at radius 3 is 2.59 bits per heavy atom. The van der Waals surface area contributed by atoms with E-state index in [2.05, 4.69) is 15.2 Å². The molecule has 1 N–H and O–H groups in total. The van der Waals surface area contributed by atoms with Gasteiger partial charge in [0.05, 0.1) is 6.33 Å². The Bertz CT molecular complexity index is 428. The van der Waals surface area contributed by atoms with Gasteiger partial charge in [0.15, 0.2) is 0 Å². The molecule has 0 radical (unpaired) electrons. The molecule has 0 aromatic carbocycles. The van der Waals surface area contributed by atoms with E-state index in [1.54, 1.807) is 12.5 Å². The first kappa shape index (κ1) is 19.2. The van der Waals surface area contributed by atoms with Crippen LogP contribution < -0.4 is 5.32 Å². The van der Waals surface area contributed by atoms with Crippen molar-refractivity contribution in [2.75, 3.05) is 39.3 Å². The van der Waals surface area contributed by atoms with Gasteiger partial charge in [-0.1, -0.05) is 0 Å². The minimum absolute atomic E-state index is 0. The van der Waals surface area contributed by atoms with Crippen molar-refractivity contribution < 1.29 is 4.79 Å². The molecule has 1 aromatic rings. The summed E-state index contributed by atoms with van der Waals surface area (Å²) in [4.78, 5) is 20.7. The van der Waals surface area contributed by atoms with Crippen molar-refractivity contribution in [3.63, 3.8) is 0 Å². The minimum atomic E-state index is 0. The van der Waals surface area contributed by atoms with Gasteiger partial charge < -0.3 is 14.8 Å². The number of imidazole rings is 1. The lowest BCUT2D eigenvalue weighted by atomic mass is 10.2. The van der Waals surface area contributed by atoms with E-state index in [9.17, 15) is 4.79 Å². The Kier molecular flexibility index (Phi) is 8.17. The van der Waals surface area contributed by atoms with Crippen molar-refractivity contribution in [1.82, 2.24) is 24.7 Å². The summed E-state index contributed by atoms with van der Waals surface area (Å²) in [6.45, 7) is 6.75. The van der Waals surface area contributed by atoms with Gasteiger partial charge in [-0.2, -0.15) is 0 Å². The predicted molar refractivity (Wildman–Crippen MR) is 90.8 cm³/mol. The molecule has 126 valence electrons. The van der Waals surface area contributed by atoms with Gasteiger partial charge in [-0.25, -0.2) is 4.98 Å². The van der Waals surface area contributed by atoms with E-state index in [1.807, 2.05) is 15.7 Å². The average molecular weight is 350 g/mol. The number of nitrogens with zero attached hydrogens (tertiary/aromatic N) is 4. The quantitative estimate of drug-likeness (QED) is 0.865. The molecule has 3 heterocycles. The molecule has 0 aliphatic carbocycles. The Hall–Kier alpha value is -0.820. The van der Waals surface area contributed by atoms with Crippen molar-refractivity contribution in [2.24, 2.45) is 0 Å². The van der Waals surface area contributed by atoms with Gasteiger partial charge in [0.1, 0.15) is 0 Å². The summed E-state index contributed by atoms with van der Waals surface area (Å²) in [6, 6.07) is 0.679. The molecule has 0 bridgehead atoms. The highest BCUT2D eigenvalue weighted by Crippen LogP contribution is 2.12. The van der Waals surface area contributed by atoms with Gasteiger partial charge in [-0.05, 0) is 13.0 Å². The van der Waals surface area contributed by atoms with Crippen molar-refractivity contribution in [2.45, 2.75) is 25.4 Å². The van der Waals surface area contributed by atoms with Crippen LogP contribution in [0.15, 0.2) is 18.7 Å². The van der Waals surface area contributed by atoms with Crippen LogP contribution in [-0.2, 0) is 11.3 Å². The molecular weight excluding hydrogens is 325 g/mol. The summed E-state index contributed by atoms with van der Waals surface area (Å²) in [5, 5.41) is 3.41. The summed E-state index contributed by atoms with van der Waals surface area (Å²) >= 11 is 0. The minimum Gasteiger partial charge on any atom is -0.340 e. The normalized spacial score (nSPS) is 22.0. The summed E-state index contributed by atoms with van der Waals surface area (Å²) in [5.74, 6) is 0.267. The number of carbonyl (C=O) groups excluding carboxylic acids is 1. The lowest BCUT2D eigenvalue weighted by Gasteiger charge is -2.37. The number of aryl methyl sites for hydroxylation is 1. The molecule has 1 atom stereocenters. The second-order valence-corrected chi connectivity index (χ2v) is 5.61. The first-order valence-electron chi connectivity index (χ1n) is 7.51. The molecule has 6 nitrogen and oxygen atoms in total. The summed E-state index contributed by atoms with van der Waals surface area (Å²) in [5.41, 5.74) is 0. The predicted octanol–water partition coefficient (Wildman–Crippen LogP) is 0.623. The number of aromatic nitrogens is 2. The molecule has 0 spiro atoms. The summed E-state index contributed by atoms with van der Waals surface area (Å²) < 4.78 is 1.96. The highest BCUT2D eigenvalue weighted by atomic mass is 35.5. The number of rotatable bonds is 4. The maximum absolute atomic E-state index is 12.2. The van der Waals surface area contributed by atoms with Gasteiger partial charge in [-0.3, -0.25) is 9.69 Å². The fourth-order valence-corrected chi connectivity index (χ4v) is 3.09. The van der Waals surface area contributed by atoms with E-state index < -0.39 is 0 Å². The Morgan fingerprint density at radius 1 is 1.23 bits per heavy atom. The molecular formula is C14H25Cl2N5O. The van der Waals surface area contributed by atoms with Crippen LogP contribution in [0.2, 0.25) is 0 Å². The van der Waals surface area contributed by atoms with Crippen molar-refractivity contribution in [3.8, 4) is 0 Å². The molecule has 0 saturated carbocycles. The monoisotopic (exact) mass is 349 g/mol. The molecule has 2 fully saturated rings. The second kappa shape index (κ2) is 9.35. The van der Waals surface area contributed by atoms with E-state index in [0.29, 0.717) is 12.5 Å². The lowest BCUT2D eigenvalue weighted by molar-refractivity contribution is -0.133. The number of amides is 1. The van der Waals surface area contributed by atoms with Crippen LogP contribution >= 0.6 is 24.8 Å². The maximum atomic E-state index is 12.2. The molecule has 2 aliphatic rings. The van der Waals surface area contributed by atoms with Gasteiger partial charge in [0.25, 0.3) is 0 Å². The number of nitrogens with one attached hydrogen (secondary N) is 1. The van der Waals surface area contributed by atoms with Crippen LogP contribution in [0.5, 0.6) is 0 Å². The van der Waals surface area contributed by atoms with E-state index >= 15 is 0 Å². The summed E-state index contributed by atoms with van der Waals surface area (Å²) in [6.07, 6.45) is 7.23. The zero-order valence-corrected chi connectivity index (χ0v) is 14.3. The van der Waals surface area contributed by atoms with Gasteiger partial charge in [0, 0.05) is 64.1 Å². The molecule has 2 aliphatic heterocycles. The Labute approximate surface area is 144 Å². The van der Waals surface area contributed by atoms with E-state index in [-0.39, 0.29) is 30.7 Å². The van der Waals surface area contributed by atoms with Crippen LogP contribution in [0.4, 0.5) is 0 Å². The van der Waals surface area contributed by atoms with E-state index in [4.69, 9.17) is 0 Å². The SMILES string of the molecule is Cl.Cl.O=C(CCn1ccnc1)N1CCN(C2CCNC2)CC1. The number of hydrogen-bond donors (Lipinski definition) is 1. The summed E-state index contributed by atoms with van der Waals surface area (Å²) in [7, 11) is 0. The van der Waals surface area contributed by atoms with Gasteiger partial charge >= 0.3 is 0 Å². The van der Waals surface area contributed by atoms with E-state index in [0.717, 1.165) is 45.8 Å². The molecule has 2 saturated heterocycles. The molecule has 1 unspecified atom stereocenters. The van der Waals surface area contributed by atoms with Crippen LogP contribution in [0.3, 0.4) is 0 Å². The third-order valence-corrected chi connectivity index (χ3v) is 4.36. The van der Waals surface area contributed by atoms with Gasteiger partial charge in [-0.15, -0.1) is 24.8 Å². The average Bonchev–Trinajstić information content (AvgIpc) is 3.18. The third kappa shape index (κ3) is 4.84. The first-order valence-corrected chi connectivity index (χ1v) is 7.51. The zero-order valence-electron chi connectivity index (χ0n) is 12.7. The highest BCUT2D eigenvalue weighted by Gasteiger charge is 2.27. The lowest BCUT2D eigenvalue weighted by Crippen LogP contribution is -2.52. The molecule has 1 amide bonds. The zero-order chi connectivity index (χ0) is 13.8. The van der Waals surface area contributed by atoms with Crippen LogP contribution in [0.1, 0.15) is 12.8 Å². The van der Waals surface area contributed by atoms with Crippen LogP contribution in [0.25, 0.3) is 0 Å². The Morgan fingerprint density at radius 2 is 2.00 bits per heavy atom. The highest BCUT2D eigenvalue weighted by molar-refractivity contribution is 5.85. The van der Waals surface area contributed by atoms with Crippen LogP contribution in [0, 0.1) is 0 Å². The van der Waals surface area contributed by atoms with Crippen LogP contribution in [-0.4, -0.2) is 70.6 Å². The number of halogens is 2. The van der Waals surface area contributed by atoms with Crippen molar-refractivity contribution in [3.05, 3.63) is 18.7 Å².